The monoisotopic (exact) mass is 345 g/mol. The van der Waals surface area contributed by atoms with Crippen LogP contribution in [0.5, 0.6) is 0 Å². The van der Waals surface area contributed by atoms with Crippen LogP contribution in [0.4, 0.5) is 16.0 Å². The Labute approximate surface area is 151 Å². The Hall–Kier alpha value is -2.42. The number of nitrogens with one attached hydrogen (secondary N) is 1. The van der Waals surface area contributed by atoms with Crippen LogP contribution >= 0.6 is 0 Å². The topological polar surface area (TPSA) is 51.3 Å². The van der Waals surface area contributed by atoms with Crippen molar-refractivity contribution in [2.75, 3.05) is 5.32 Å². The van der Waals surface area contributed by atoms with Gasteiger partial charge in [0, 0.05) is 16.1 Å². The largest absolute Gasteiger partial charge is 0.305 e. The zero-order valence-electron chi connectivity index (χ0n) is 17.6. The van der Waals surface area contributed by atoms with Crippen molar-refractivity contribution in [2.45, 2.75) is 58.8 Å². The molecular formula is C19H23FN4O. The maximum atomic E-state index is 14.5. The van der Waals surface area contributed by atoms with E-state index in [1.807, 2.05) is 6.92 Å². The van der Waals surface area contributed by atoms with E-state index in [0.717, 1.165) is 25.3 Å². The van der Waals surface area contributed by atoms with Crippen molar-refractivity contribution >= 4 is 28.6 Å². The molecule has 1 aliphatic rings. The van der Waals surface area contributed by atoms with E-state index in [-0.39, 0.29) is 29.1 Å². The normalized spacial score (nSPS) is 18.6. The molecule has 0 radical (unpaired) electrons. The smallest absolute Gasteiger partial charge is 0.227 e. The number of anilines is 1. The molecule has 0 unspecified atom stereocenters. The van der Waals surface area contributed by atoms with Gasteiger partial charge in [-0.05, 0) is 43.7 Å². The first kappa shape index (κ1) is 13.8. The third kappa shape index (κ3) is 3.23. The van der Waals surface area contributed by atoms with Gasteiger partial charge in [0.05, 0.1) is 12.1 Å². The number of imidazole rings is 1. The van der Waals surface area contributed by atoms with E-state index in [0.29, 0.717) is 5.52 Å². The van der Waals surface area contributed by atoms with Gasteiger partial charge in [-0.1, -0.05) is 20.7 Å². The molecule has 0 atom stereocenters. The molecule has 1 aromatic carbocycles. The van der Waals surface area contributed by atoms with E-state index in [2.05, 4.69) is 15.1 Å². The Balaban J connectivity index is 2.04. The molecule has 132 valence electrons. The summed E-state index contributed by atoms with van der Waals surface area (Å²) in [6.45, 7) is 9.92. The van der Waals surface area contributed by atoms with Crippen LogP contribution in [0.2, 0.25) is 0 Å². The lowest BCUT2D eigenvalue weighted by Crippen LogP contribution is -2.38. The summed E-state index contributed by atoms with van der Waals surface area (Å²) in [6.07, 6.45) is 2.46. The quantitative estimate of drug-likeness (QED) is 0.796. The second-order valence-electron chi connectivity index (χ2n) is 7.64. The number of carbonyl (C=O) groups is 1. The molecule has 1 saturated carbocycles. The summed E-state index contributed by atoms with van der Waals surface area (Å²) >= 11 is 0. The molecule has 1 amide bonds. The lowest BCUT2D eigenvalue weighted by atomic mass is 9.78. The summed E-state index contributed by atoms with van der Waals surface area (Å²) in [4.78, 5) is 20.2. The Bertz CT molecular complexity index is 984. The van der Waals surface area contributed by atoms with Crippen LogP contribution < -0.4 is 5.32 Å². The minimum Gasteiger partial charge on any atom is -0.305 e. The summed E-state index contributed by atoms with van der Waals surface area (Å²) in [5.41, 5.74) is -0.846. The fourth-order valence-corrected chi connectivity index (χ4v) is 3.30. The van der Waals surface area contributed by atoms with Gasteiger partial charge in [-0.3, -0.25) is 10.1 Å². The number of aromatic nitrogens is 2. The number of carbonyl (C=O) groups excluding carboxylic acids is 1. The van der Waals surface area contributed by atoms with Gasteiger partial charge >= 0.3 is 0 Å². The molecule has 1 aliphatic carbocycles. The van der Waals surface area contributed by atoms with E-state index in [9.17, 15) is 9.18 Å². The van der Waals surface area contributed by atoms with Gasteiger partial charge in [0.15, 0.2) is 5.69 Å². The standard InChI is InChI=1S/C19H23FN4O/c1-18(2,3)11-15(25)22-17-23-16-13(20)9-12(21-5)10-14(16)24(17)19(4)7-6-8-19/h9-10H,6-8,11H2,1-4H3,(H,22,23,25)/i1D3. The highest BCUT2D eigenvalue weighted by Gasteiger charge is 2.37. The average Bonchev–Trinajstić information content (AvgIpc) is 2.89. The predicted octanol–water partition coefficient (Wildman–Crippen LogP) is 5.00. The first-order valence-electron chi connectivity index (χ1n) is 9.78. The van der Waals surface area contributed by atoms with Crippen LogP contribution in [0, 0.1) is 17.8 Å². The van der Waals surface area contributed by atoms with Gasteiger partial charge < -0.3 is 4.57 Å². The van der Waals surface area contributed by atoms with Gasteiger partial charge in [-0.15, -0.1) is 0 Å². The highest BCUT2D eigenvalue weighted by atomic mass is 19.1. The lowest BCUT2D eigenvalue weighted by molar-refractivity contribution is -0.117. The molecule has 0 aliphatic heterocycles. The molecule has 2 aromatic rings. The number of hydrogen-bond acceptors (Lipinski definition) is 2. The number of fused-ring (bicyclic) bond motifs is 1. The zero-order chi connectivity index (χ0) is 20.9. The van der Waals surface area contributed by atoms with E-state index in [1.54, 1.807) is 10.6 Å². The molecular weight excluding hydrogens is 319 g/mol. The predicted molar refractivity (Wildman–Crippen MR) is 96.2 cm³/mol. The van der Waals surface area contributed by atoms with Crippen LogP contribution in [-0.4, -0.2) is 15.5 Å². The maximum absolute atomic E-state index is 14.5. The van der Waals surface area contributed by atoms with E-state index in [1.165, 1.54) is 13.8 Å². The Morgan fingerprint density at radius 2 is 2.28 bits per heavy atom. The third-order valence-electron chi connectivity index (χ3n) is 4.65. The van der Waals surface area contributed by atoms with Gasteiger partial charge in [0.25, 0.3) is 0 Å². The van der Waals surface area contributed by atoms with E-state index >= 15 is 0 Å². The summed E-state index contributed by atoms with van der Waals surface area (Å²) in [7, 11) is 0. The number of amides is 1. The summed E-state index contributed by atoms with van der Waals surface area (Å²) in [6, 6.07) is 2.70. The van der Waals surface area contributed by atoms with Crippen molar-refractivity contribution in [1.29, 1.82) is 0 Å². The van der Waals surface area contributed by atoms with Crippen LogP contribution in [0.15, 0.2) is 12.1 Å². The van der Waals surface area contributed by atoms with Crippen molar-refractivity contribution in [3.05, 3.63) is 29.4 Å². The molecule has 0 saturated heterocycles. The molecule has 3 rings (SSSR count). The molecule has 1 heterocycles. The first-order valence-corrected chi connectivity index (χ1v) is 8.28. The molecule has 1 fully saturated rings. The number of rotatable bonds is 3. The average molecular weight is 345 g/mol. The van der Waals surface area contributed by atoms with Crippen molar-refractivity contribution in [1.82, 2.24) is 9.55 Å². The summed E-state index contributed by atoms with van der Waals surface area (Å²) in [5, 5.41) is 2.69. The molecule has 6 heteroatoms. The van der Waals surface area contributed by atoms with Gasteiger partial charge in [-0.2, -0.15) is 0 Å². The highest BCUT2D eigenvalue weighted by Crippen LogP contribution is 2.44. The van der Waals surface area contributed by atoms with Crippen molar-refractivity contribution < 1.29 is 13.3 Å². The van der Waals surface area contributed by atoms with E-state index in [4.69, 9.17) is 10.7 Å². The summed E-state index contributed by atoms with van der Waals surface area (Å²) < 4.78 is 39.1. The number of halogens is 1. The Morgan fingerprint density at radius 1 is 1.56 bits per heavy atom. The summed E-state index contributed by atoms with van der Waals surface area (Å²) in [5.74, 6) is -0.931. The fourth-order valence-electron chi connectivity index (χ4n) is 3.30. The number of nitrogens with zero attached hydrogens (tertiary/aromatic N) is 3. The number of hydrogen-bond donors (Lipinski definition) is 1. The van der Waals surface area contributed by atoms with Gasteiger partial charge in [0.2, 0.25) is 11.9 Å². The Morgan fingerprint density at radius 3 is 2.84 bits per heavy atom. The van der Waals surface area contributed by atoms with Gasteiger partial charge in [0.1, 0.15) is 11.3 Å². The Kier molecular flexibility index (Phi) is 3.23. The second kappa shape index (κ2) is 5.83. The fraction of sp³-hybridized carbons (Fsp3) is 0.526. The number of benzene rings is 1. The van der Waals surface area contributed by atoms with E-state index < -0.39 is 24.0 Å². The molecule has 5 nitrogen and oxygen atoms in total. The SMILES string of the molecule is [2H]C([2H])([2H])C(C)(C)CC(=O)Nc1nc2c(F)cc([N+]#[C-])cc2n1C1(C)CCC1. The minimum absolute atomic E-state index is 0.0888. The molecule has 0 spiro atoms. The van der Waals surface area contributed by atoms with Crippen LogP contribution in [0.3, 0.4) is 0 Å². The van der Waals surface area contributed by atoms with Crippen LogP contribution in [0.25, 0.3) is 15.9 Å². The van der Waals surface area contributed by atoms with Gasteiger partial charge in [-0.25, -0.2) is 14.2 Å². The molecule has 1 aromatic heterocycles. The highest BCUT2D eigenvalue weighted by molar-refractivity contribution is 5.92. The van der Waals surface area contributed by atoms with Crippen LogP contribution in [0.1, 0.15) is 57.4 Å². The third-order valence-corrected chi connectivity index (χ3v) is 4.65. The molecule has 25 heavy (non-hydrogen) atoms. The second-order valence-corrected chi connectivity index (χ2v) is 7.64. The molecule has 0 bridgehead atoms. The van der Waals surface area contributed by atoms with Crippen molar-refractivity contribution in [3.8, 4) is 0 Å². The molecule has 1 N–H and O–H groups in total. The maximum Gasteiger partial charge on any atom is 0.227 e. The minimum atomic E-state index is -2.29. The first-order chi connectivity index (χ1) is 12.9. The van der Waals surface area contributed by atoms with Crippen molar-refractivity contribution in [3.63, 3.8) is 0 Å². The van der Waals surface area contributed by atoms with Crippen LogP contribution in [-0.2, 0) is 10.3 Å². The van der Waals surface area contributed by atoms with Crippen molar-refractivity contribution in [2.24, 2.45) is 5.41 Å². The zero-order valence-corrected chi connectivity index (χ0v) is 14.6. The lowest BCUT2D eigenvalue weighted by Gasteiger charge is -2.41.